The van der Waals surface area contributed by atoms with Crippen molar-refractivity contribution < 1.29 is 14.0 Å². The van der Waals surface area contributed by atoms with E-state index in [-0.39, 0.29) is 11.8 Å². The molecule has 4 aromatic heterocycles. The normalized spacial score (nSPS) is 14.0. The maximum absolute atomic E-state index is 13.1. The Labute approximate surface area is 278 Å². The van der Waals surface area contributed by atoms with Crippen LogP contribution in [0.1, 0.15) is 32.1 Å². The minimum Gasteiger partial charge on any atom is -0.349 e. The molecule has 8 nitrogen and oxygen atoms in total. The lowest BCUT2D eigenvalue weighted by atomic mass is 10.0. The quantitative estimate of drug-likeness (QED) is 0.185. The highest BCUT2D eigenvalue weighted by molar-refractivity contribution is 6.32. The summed E-state index contributed by atoms with van der Waals surface area (Å²) in [6, 6.07) is 14.2. The van der Waals surface area contributed by atoms with Gasteiger partial charge in [-0.15, -0.1) is 0 Å². The summed E-state index contributed by atoms with van der Waals surface area (Å²) >= 11 is 18.5. The molecule has 0 bridgehead atoms. The molecule has 2 aliphatic heterocycles. The molecule has 0 saturated carbocycles. The zero-order valence-corrected chi connectivity index (χ0v) is 27.0. The lowest BCUT2D eigenvalue weighted by molar-refractivity contribution is 0.0920. The molecule has 6 heterocycles. The number of amides is 2. The highest BCUT2D eigenvalue weighted by atomic mass is 35.5. The van der Waals surface area contributed by atoms with Crippen LogP contribution in [0.25, 0.3) is 44.1 Å². The zero-order chi connectivity index (χ0) is 32.3. The Morgan fingerprint density at radius 3 is 1.61 bits per heavy atom. The number of halogens is 4. The van der Waals surface area contributed by atoms with E-state index in [1.54, 1.807) is 18.3 Å². The molecule has 12 heteroatoms. The van der Waals surface area contributed by atoms with Gasteiger partial charge in [0.25, 0.3) is 11.8 Å². The summed E-state index contributed by atoms with van der Waals surface area (Å²) in [6.45, 7) is 6.51. The molecule has 0 saturated heterocycles. The van der Waals surface area contributed by atoms with Crippen LogP contribution in [0.4, 0.5) is 4.39 Å². The molecule has 0 fully saturated rings. The van der Waals surface area contributed by atoms with Gasteiger partial charge in [0, 0.05) is 81.6 Å². The van der Waals surface area contributed by atoms with E-state index in [2.05, 4.69) is 25.2 Å². The summed E-state index contributed by atoms with van der Waals surface area (Å²) in [5.74, 6) is -0.648. The monoisotopic (exact) mass is 674 g/mol. The lowest BCUT2D eigenvalue weighted by Gasteiger charge is -2.18. The number of aromatic nitrogens is 4. The van der Waals surface area contributed by atoms with Gasteiger partial charge >= 0.3 is 0 Å². The number of fused-ring (bicyclic) bond motifs is 6. The number of benzene rings is 2. The van der Waals surface area contributed by atoms with Crippen molar-refractivity contribution in [2.24, 2.45) is 0 Å². The van der Waals surface area contributed by atoms with Crippen LogP contribution in [-0.2, 0) is 13.1 Å². The van der Waals surface area contributed by atoms with Crippen molar-refractivity contribution >= 4 is 68.4 Å². The summed E-state index contributed by atoms with van der Waals surface area (Å²) in [7, 11) is 0. The standard InChI is InChI=1S/C17H13Cl2N3O.C17H13ClFN3O/c2*1-9-12-6-11(18)7-13(10-2-3-14(19)21-8-10)16(12)22-5-4-20-17(23)15(9)22/h2*2-3,6-8H,4-5H2,1H3,(H,20,23). The van der Waals surface area contributed by atoms with Gasteiger partial charge in [-0.2, -0.15) is 4.39 Å². The first-order valence-electron chi connectivity index (χ1n) is 14.6. The van der Waals surface area contributed by atoms with Crippen molar-refractivity contribution in [3.05, 3.63) is 105 Å². The molecule has 2 aromatic carbocycles. The molecule has 6 aromatic rings. The van der Waals surface area contributed by atoms with Crippen LogP contribution in [0.3, 0.4) is 0 Å². The number of pyridine rings is 2. The molecule has 0 radical (unpaired) electrons. The van der Waals surface area contributed by atoms with Gasteiger partial charge in [0.1, 0.15) is 16.5 Å². The first-order chi connectivity index (χ1) is 22.1. The largest absolute Gasteiger partial charge is 0.349 e. The number of rotatable bonds is 2. The van der Waals surface area contributed by atoms with Crippen LogP contribution in [0, 0.1) is 19.8 Å². The number of aryl methyl sites for hydroxylation is 2. The van der Waals surface area contributed by atoms with Gasteiger partial charge in [0.05, 0.1) is 11.0 Å². The number of hydrogen-bond acceptors (Lipinski definition) is 4. The Morgan fingerprint density at radius 1 is 0.696 bits per heavy atom. The smallest absolute Gasteiger partial charge is 0.268 e. The lowest BCUT2D eigenvalue weighted by Crippen LogP contribution is -2.35. The maximum atomic E-state index is 13.1. The van der Waals surface area contributed by atoms with E-state index in [4.69, 9.17) is 34.8 Å². The summed E-state index contributed by atoms with van der Waals surface area (Å²) in [5, 5.41) is 9.34. The summed E-state index contributed by atoms with van der Waals surface area (Å²) in [5.41, 5.74) is 8.66. The SMILES string of the molecule is Cc1c2n(c3c(-c4ccc(Cl)nc4)cc(Cl)cc13)CCNC2=O.Cc1c2n(c3c(-c4ccc(F)nc4)cc(Cl)cc13)CCNC2=O. The third-order valence-corrected chi connectivity index (χ3v) is 9.16. The van der Waals surface area contributed by atoms with E-state index < -0.39 is 5.95 Å². The Hall–Kier alpha value is -4.44. The molecule has 2 amide bonds. The first kappa shape index (κ1) is 30.2. The van der Waals surface area contributed by atoms with E-state index in [0.717, 1.165) is 61.7 Å². The first-order valence-corrected chi connectivity index (χ1v) is 15.7. The van der Waals surface area contributed by atoms with Crippen LogP contribution < -0.4 is 10.6 Å². The van der Waals surface area contributed by atoms with Gasteiger partial charge in [-0.25, -0.2) is 9.97 Å². The second kappa shape index (κ2) is 11.7. The second-order valence-corrected chi connectivity index (χ2v) is 12.5. The maximum Gasteiger partial charge on any atom is 0.268 e. The van der Waals surface area contributed by atoms with Crippen molar-refractivity contribution in [2.75, 3.05) is 13.1 Å². The fourth-order valence-corrected chi connectivity index (χ4v) is 7.06. The van der Waals surface area contributed by atoms with Crippen molar-refractivity contribution in [3.63, 3.8) is 0 Å². The average Bonchev–Trinajstić information content (AvgIpc) is 3.49. The van der Waals surface area contributed by atoms with E-state index in [0.29, 0.717) is 46.2 Å². The van der Waals surface area contributed by atoms with Crippen molar-refractivity contribution in [1.82, 2.24) is 29.7 Å². The summed E-state index contributed by atoms with van der Waals surface area (Å²) < 4.78 is 17.2. The van der Waals surface area contributed by atoms with Crippen LogP contribution in [0.5, 0.6) is 0 Å². The molecule has 8 rings (SSSR count). The number of nitrogens with one attached hydrogen (secondary N) is 2. The van der Waals surface area contributed by atoms with E-state index in [9.17, 15) is 14.0 Å². The molecular weight excluding hydrogens is 650 g/mol. The third kappa shape index (κ3) is 5.08. The zero-order valence-electron chi connectivity index (χ0n) is 24.7. The number of nitrogens with zero attached hydrogens (tertiary/aromatic N) is 4. The molecule has 0 spiro atoms. The van der Waals surface area contributed by atoms with Gasteiger partial charge in [-0.1, -0.05) is 34.8 Å². The molecule has 0 atom stereocenters. The molecular formula is C34H26Cl3FN6O2. The minimum absolute atomic E-state index is 0.0405. The third-order valence-electron chi connectivity index (χ3n) is 8.50. The highest BCUT2D eigenvalue weighted by Crippen LogP contribution is 2.39. The van der Waals surface area contributed by atoms with Gasteiger partial charge in [-0.05, 0) is 73.5 Å². The fourth-order valence-electron chi connectivity index (χ4n) is 6.51. The van der Waals surface area contributed by atoms with Gasteiger partial charge in [0.2, 0.25) is 5.95 Å². The molecule has 2 N–H and O–H groups in total. The van der Waals surface area contributed by atoms with Crippen molar-refractivity contribution in [3.8, 4) is 22.3 Å². The van der Waals surface area contributed by atoms with Crippen LogP contribution in [-0.4, -0.2) is 44.0 Å². The van der Waals surface area contributed by atoms with Crippen LogP contribution in [0.15, 0.2) is 60.9 Å². The molecule has 2 aliphatic rings. The van der Waals surface area contributed by atoms with Crippen LogP contribution >= 0.6 is 34.8 Å². The Balaban J connectivity index is 0.000000147. The number of carbonyl (C=O) groups is 2. The van der Waals surface area contributed by atoms with Crippen molar-refractivity contribution in [1.29, 1.82) is 0 Å². The number of carbonyl (C=O) groups excluding carboxylic acids is 2. The van der Waals surface area contributed by atoms with E-state index >= 15 is 0 Å². The molecule has 232 valence electrons. The minimum atomic E-state index is -0.528. The second-order valence-electron chi connectivity index (χ2n) is 11.2. The molecule has 46 heavy (non-hydrogen) atoms. The average molecular weight is 676 g/mol. The predicted molar refractivity (Wildman–Crippen MR) is 179 cm³/mol. The fraction of sp³-hybridized carbons (Fsp3) is 0.176. The van der Waals surface area contributed by atoms with E-state index in [1.807, 2.05) is 48.7 Å². The Kier molecular flexibility index (Phi) is 7.71. The molecule has 0 unspecified atom stereocenters. The van der Waals surface area contributed by atoms with Crippen molar-refractivity contribution in [2.45, 2.75) is 26.9 Å². The Bertz CT molecular complexity index is 2050. The topological polar surface area (TPSA) is 93.8 Å². The number of hydrogen-bond donors (Lipinski definition) is 2. The van der Waals surface area contributed by atoms with Gasteiger partial charge in [0.15, 0.2) is 0 Å². The Morgan fingerprint density at radius 2 is 1.17 bits per heavy atom. The van der Waals surface area contributed by atoms with Crippen LogP contribution in [0.2, 0.25) is 15.2 Å². The molecule has 0 aliphatic carbocycles. The van der Waals surface area contributed by atoms with Gasteiger partial charge in [-0.3, -0.25) is 9.59 Å². The summed E-state index contributed by atoms with van der Waals surface area (Å²) in [6.07, 6.45) is 3.21. The predicted octanol–water partition coefficient (Wildman–Crippen LogP) is 7.61. The highest BCUT2D eigenvalue weighted by Gasteiger charge is 2.27. The van der Waals surface area contributed by atoms with E-state index in [1.165, 1.54) is 12.3 Å². The van der Waals surface area contributed by atoms with Gasteiger partial charge < -0.3 is 19.8 Å². The summed E-state index contributed by atoms with van der Waals surface area (Å²) in [4.78, 5) is 32.4.